The SMILES string of the molecule is O=C(c1ccc(Cl)cc1)N1CCC(c2nc3c(nnn3Cc3ccccc3)c(=O)[nH]2)CC1. The summed E-state index contributed by atoms with van der Waals surface area (Å²) >= 11 is 5.92. The van der Waals surface area contributed by atoms with Crippen LogP contribution in [0.4, 0.5) is 0 Å². The van der Waals surface area contributed by atoms with E-state index in [0.717, 1.165) is 5.56 Å². The molecule has 1 fully saturated rings. The average Bonchev–Trinajstić information content (AvgIpc) is 3.23. The predicted molar refractivity (Wildman–Crippen MR) is 121 cm³/mol. The van der Waals surface area contributed by atoms with Crippen LogP contribution in [-0.2, 0) is 6.54 Å². The van der Waals surface area contributed by atoms with Crippen LogP contribution in [0, 0.1) is 0 Å². The topological polar surface area (TPSA) is 96.8 Å². The Morgan fingerprint density at radius 1 is 1.06 bits per heavy atom. The second-order valence-corrected chi connectivity index (χ2v) is 8.37. The van der Waals surface area contributed by atoms with Crippen molar-refractivity contribution in [2.75, 3.05) is 13.1 Å². The molecule has 1 amide bonds. The lowest BCUT2D eigenvalue weighted by atomic mass is 9.95. The number of hydrogen-bond acceptors (Lipinski definition) is 5. The van der Waals surface area contributed by atoms with Gasteiger partial charge in [-0.05, 0) is 42.7 Å². The molecule has 1 aliphatic rings. The second kappa shape index (κ2) is 8.55. The van der Waals surface area contributed by atoms with Crippen LogP contribution in [0.25, 0.3) is 11.2 Å². The minimum Gasteiger partial charge on any atom is -0.339 e. The first-order valence-electron chi connectivity index (χ1n) is 10.5. The third kappa shape index (κ3) is 4.01. The molecule has 4 aromatic rings. The fourth-order valence-electron chi connectivity index (χ4n) is 4.07. The molecule has 2 aromatic carbocycles. The maximum absolute atomic E-state index is 12.8. The highest BCUT2D eigenvalue weighted by atomic mass is 35.5. The maximum Gasteiger partial charge on any atom is 0.281 e. The Hall–Kier alpha value is -3.52. The van der Waals surface area contributed by atoms with E-state index in [9.17, 15) is 9.59 Å². The van der Waals surface area contributed by atoms with Crippen LogP contribution < -0.4 is 5.56 Å². The number of aromatic amines is 1. The number of benzene rings is 2. The van der Waals surface area contributed by atoms with Gasteiger partial charge in [0.05, 0.1) is 6.54 Å². The molecule has 0 atom stereocenters. The molecule has 0 spiro atoms. The molecule has 2 aromatic heterocycles. The molecule has 1 saturated heterocycles. The smallest absolute Gasteiger partial charge is 0.281 e. The van der Waals surface area contributed by atoms with Crippen LogP contribution >= 0.6 is 11.6 Å². The minimum atomic E-state index is -0.288. The van der Waals surface area contributed by atoms with Crippen LogP contribution in [-0.4, -0.2) is 48.9 Å². The Bertz CT molecular complexity index is 1310. The molecule has 1 aliphatic heterocycles. The first-order valence-corrected chi connectivity index (χ1v) is 10.9. The van der Waals surface area contributed by atoms with Crippen molar-refractivity contribution in [1.29, 1.82) is 0 Å². The van der Waals surface area contributed by atoms with Crippen molar-refractivity contribution in [2.24, 2.45) is 0 Å². The number of amides is 1. The Morgan fingerprint density at radius 2 is 1.78 bits per heavy atom. The fraction of sp³-hybridized carbons (Fsp3) is 0.261. The number of aromatic nitrogens is 5. The van der Waals surface area contributed by atoms with Crippen LogP contribution in [0.1, 0.15) is 40.5 Å². The molecule has 0 bridgehead atoms. The van der Waals surface area contributed by atoms with E-state index in [1.54, 1.807) is 28.9 Å². The van der Waals surface area contributed by atoms with E-state index in [2.05, 4.69) is 15.3 Å². The van der Waals surface area contributed by atoms with Gasteiger partial charge in [0.1, 0.15) is 5.82 Å². The molecular formula is C23H21ClN6O2. The van der Waals surface area contributed by atoms with E-state index in [-0.39, 0.29) is 22.9 Å². The van der Waals surface area contributed by atoms with Crippen molar-refractivity contribution in [1.82, 2.24) is 29.9 Å². The third-order valence-electron chi connectivity index (χ3n) is 5.83. The summed E-state index contributed by atoms with van der Waals surface area (Å²) in [7, 11) is 0. The predicted octanol–water partition coefficient (Wildman–Crippen LogP) is 3.24. The van der Waals surface area contributed by atoms with E-state index in [4.69, 9.17) is 16.6 Å². The normalized spacial score (nSPS) is 14.7. The molecule has 0 unspecified atom stereocenters. The maximum atomic E-state index is 12.8. The number of carbonyl (C=O) groups is 1. The van der Waals surface area contributed by atoms with Crippen LogP contribution in [0.3, 0.4) is 0 Å². The van der Waals surface area contributed by atoms with Crippen LogP contribution in [0.15, 0.2) is 59.4 Å². The molecular weight excluding hydrogens is 428 g/mol. The van der Waals surface area contributed by atoms with Gasteiger partial charge in [-0.15, -0.1) is 5.10 Å². The summed E-state index contributed by atoms with van der Waals surface area (Å²) in [5.74, 6) is 0.668. The van der Waals surface area contributed by atoms with E-state index in [0.29, 0.717) is 54.5 Å². The van der Waals surface area contributed by atoms with E-state index in [1.807, 2.05) is 35.2 Å². The van der Waals surface area contributed by atoms with Gasteiger partial charge < -0.3 is 9.88 Å². The van der Waals surface area contributed by atoms with Gasteiger partial charge in [-0.2, -0.15) is 0 Å². The fourth-order valence-corrected chi connectivity index (χ4v) is 4.20. The van der Waals surface area contributed by atoms with Crippen molar-refractivity contribution in [2.45, 2.75) is 25.3 Å². The third-order valence-corrected chi connectivity index (χ3v) is 6.08. The van der Waals surface area contributed by atoms with Gasteiger partial charge in [0, 0.05) is 29.6 Å². The quantitative estimate of drug-likeness (QED) is 0.517. The van der Waals surface area contributed by atoms with E-state index in [1.165, 1.54) is 0 Å². The lowest BCUT2D eigenvalue weighted by Gasteiger charge is -2.31. The molecule has 8 nitrogen and oxygen atoms in total. The first-order chi connectivity index (χ1) is 15.6. The zero-order valence-electron chi connectivity index (χ0n) is 17.2. The summed E-state index contributed by atoms with van der Waals surface area (Å²) in [5.41, 5.74) is 2.10. The van der Waals surface area contributed by atoms with E-state index >= 15 is 0 Å². The molecule has 9 heteroatoms. The number of fused-ring (bicyclic) bond motifs is 1. The van der Waals surface area contributed by atoms with Gasteiger partial charge in [0.2, 0.25) is 0 Å². The monoisotopic (exact) mass is 448 g/mol. The number of nitrogens with zero attached hydrogens (tertiary/aromatic N) is 5. The number of nitrogens with one attached hydrogen (secondary N) is 1. The average molecular weight is 449 g/mol. The molecule has 3 heterocycles. The number of likely N-dealkylation sites (tertiary alicyclic amines) is 1. The number of hydrogen-bond donors (Lipinski definition) is 1. The second-order valence-electron chi connectivity index (χ2n) is 7.93. The number of carbonyl (C=O) groups excluding carboxylic acids is 1. The lowest BCUT2D eigenvalue weighted by Crippen LogP contribution is -2.38. The lowest BCUT2D eigenvalue weighted by molar-refractivity contribution is 0.0711. The molecule has 0 saturated carbocycles. The minimum absolute atomic E-state index is 0.0119. The first kappa shape index (κ1) is 20.4. The summed E-state index contributed by atoms with van der Waals surface area (Å²) in [6, 6.07) is 16.8. The number of halogens is 1. The summed E-state index contributed by atoms with van der Waals surface area (Å²) in [6.07, 6.45) is 1.43. The Kier molecular flexibility index (Phi) is 5.45. The highest BCUT2D eigenvalue weighted by molar-refractivity contribution is 6.30. The molecule has 32 heavy (non-hydrogen) atoms. The zero-order chi connectivity index (χ0) is 22.1. The van der Waals surface area contributed by atoms with Crippen molar-refractivity contribution >= 4 is 28.7 Å². The summed E-state index contributed by atoms with van der Waals surface area (Å²) < 4.78 is 1.66. The van der Waals surface area contributed by atoms with Gasteiger partial charge >= 0.3 is 0 Å². The van der Waals surface area contributed by atoms with Crippen molar-refractivity contribution in [3.05, 3.63) is 86.9 Å². The van der Waals surface area contributed by atoms with Gasteiger partial charge in [-0.1, -0.05) is 47.1 Å². The highest BCUT2D eigenvalue weighted by Gasteiger charge is 2.27. The molecule has 162 valence electrons. The van der Waals surface area contributed by atoms with Gasteiger partial charge in [0.15, 0.2) is 11.2 Å². The van der Waals surface area contributed by atoms with Gasteiger partial charge in [0.25, 0.3) is 11.5 Å². The summed E-state index contributed by atoms with van der Waals surface area (Å²) in [5, 5.41) is 8.76. The molecule has 0 radical (unpaired) electrons. The van der Waals surface area contributed by atoms with Gasteiger partial charge in [-0.3, -0.25) is 9.59 Å². The number of H-pyrrole nitrogens is 1. The Balaban J connectivity index is 1.34. The van der Waals surface area contributed by atoms with Crippen molar-refractivity contribution in [3.8, 4) is 0 Å². The van der Waals surface area contributed by atoms with Crippen LogP contribution in [0.2, 0.25) is 5.02 Å². The van der Waals surface area contributed by atoms with Crippen molar-refractivity contribution in [3.63, 3.8) is 0 Å². The highest BCUT2D eigenvalue weighted by Crippen LogP contribution is 2.27. The summed E-state index contributed by atoms with van der Waals surface area (Å²) in [4.78, 5) is 34.8. The molecule has 1 N–H and O–H groups in total. The van der Waals surface area contributed by atoms with E-state index < -0.39 is 0 Å². The number of piperidine rings is 1. The van der Waals surface area contributed by atoms with Gasteiger partial charge in [-0.25, -0.2) is 9.67 Å². The standard InChI is InChI=1S/C23H21ClN6O2/c24-18-8-6-17(7-9-18)23(32)29-12-10-16(11-13-29)20-25-21-19(22(31)26-20)27-28-30(21)14-15-4-2-1-3-5-15/h1-9,16H,10-14H2,(H,25,26,31). The largest absolute Gasteiger partial charge is 0.339 e. The summed E-state index contributed by atoms with van der Waals surface area (Å²) in [6.45, 7) is 1.67. The molecule has 0 aliphatic carbocycles. The zero-order valence-corrected chi connectivity index (χ0v) is 18.0. The molecule has 5 rings (SSSR count). The van der Waals surface area contributed by atoms with Crippen LogP contribution in [0.5, 0.6) is 0 Å². The Labute approximate surface area is 188 Å². The number of rotatable bonds is 4. The Morgan fingerprint density at radius 3 is 2.50 bits per heavy atom. The van der Waals surface area contributed by atoms with Crippen molar-refractivity contribution < 1.29 is 4.79 Å².